The predicted octanol–water partition coefficient (Wildman–Crippen LogP) is 3.65. The smallest absolute Gasteiger partial charge is 0.00258 e. The molecule has 0 saturated carbocycles. The van der Waals surface area contributed by atoms with E-state index in [0.29, 0.717) is 0 Å². The molecule has 0 unspecified atom stereocenters. The molecule has 0 spiro atoms. The normalized spacial score (nSPS) is 10.9. The molecule has 1 heteroatoms. The Morgan fingerprint density at radius 3 is 2.44 bits per heavy atom. The van der Waals surface area contributed by atoms with Gasteiger partial charge in [0.15, 0.2) is 0 Å². The van der Waals surface area contributed by atoms with Gasteiger partial charge in [0.05, 0.1) is 0 Å². The van der Waals surface area contributed by atoms with Crippen molar-refractivity contribution in [2.24, 2.45) is 5.92 Å². The number of unbranched alkanes of at least 4 members (excludes halogenated alkanes) is 2. The topological polar surface area (TPSA) is 12.0 Å². The van der Waals surface area contributed by atoms with Crippen molar-refractivity contribution in [1.29, 1.82) is 0 Å². The first-order valence-electron chi connectivity index (χ1n) is 6.53. The fraction of sp³-hybridized carbons (Fsp3) is 0.600. The summed E-state index contributed by atoms with van der Waals surface area (Å²) >= 11 is 0. The van der Waals surface area contributed by atoms with E-state index in [2.05, 4.69) is 49.5 Å². The summed E-state index contributed by atoms with van der Waals surface area (Å²) in [4.78, 5) is 0. The lowest BCUT2D eigenvalue weighted by molar-refractivity contribution is 0.530. The maximum absolute atomic E-state index is 3.48. The third-order valence-electron chi connectivity index (χ3n) is 2.71. The second-order valence-corrected chi connectivity index (χ2v) is 4.89. The summed E-state index contributed by atoms with van der Waals surface area (Å²) in [5, 5.41) is 3.48. The molecule has 1 N–H and O–H groups in total. The van der Waals surface area contributed by atoms with Gasteiger partial charge in [0.25, 0.3) is 0 Å². The number of hydrogen-bond acceptors (Lipinski definition) is 1. The van der Waals surface area contributed by atoms with Crippen molar-refractivity contribution in [2.45, 2.75) is 39.5 Å². The predicted molar refractivity (Wildman–Crippen MR) is 71.7 cm³/mol. The minimum Gasteiger partial charge on any atom is -0.316 e. The second-order valence-electron chi connectivity index (χ2n) is 4.89. The lowest BCUT2D eigenvalue weighted by Crippen LogP contribution is -2.20. The van der Waals surface area contributed by atoms with Crippen LogP contribution < -0.4 is 5.32 Å². The first-order chi connectivity index (χ1) is 7.79. The quantitative estimate of drug-likeness (QED) is 0.658. The largest absolute Gasteiger partial charge is 0.316 e. The molecule has 0 heterocycles. The molecule has 1 nitrogen and oxygen atoms in total. The lowest BCUT2D eigenvalue weighted by atomic mass is 10.1. The van der Waals surface area contributed by atoms with Crippen molar-refractivity contribution >= 4 is 0 Å². The van der Waals surface area contributed by atoms with Crippen molar-refractivity contribution < 1.29 is 0 Å². The molecule has 0 bridgehead atoms. The minimum absolute atomic E-state index is 0.768. The van der Waals surface area contributed by atoms with Gasteiger partial charge in [0.2, 0.25) is 0 Å². The second kappa shape index (κ2) is 8.35. The number of benzene rings is 1. The molecule has 0 saturated heterocycles. The number of hydrogen-bond donors (Lipinski definition) is 1. The number of rotatable bonds is 8. The Morgan fingerprint density at radius 2 is 1.75 bits per heavy atom. The fourth-order valence-corrected chi connectivity index (χ4v) is 1.79. The Labute approximate surface area is 100 Å². The summed E-state index contributed by atoms with van der Waals surface area (Å²) in [5.74, 6) is 0.768. The molecule has 0 aliphatic carbocycles. The van der Waals surface area contributed by atoms with Crippen LogP contribution in [0.1, 0.15) is 38.7 Å². The molecule has 0 aliphatic heterocycles. The average Bonchev–Trinajstić information content (AvgIpc) is 2.29. The van der Waals surface area contributed by atoms with Gasteiger partial charge in [-0.2, -0.15) is 0 Å². The Kier molecular flexibility index (Phi) is 6.91. The van der Waals surface area contributed by atoms with E-state index in [0.717, 1.165) is 12.5 Å². The maximum Gasteiger partial charge on any atom is -0.00258 e. The minimum atomic E-state index is 0.768. The van der Waals surface area contributed by atoms with Gasteiger partial charge in [-0.05, 0) is 43.8 Å². The SMILES string of the molecule is CC(C)CNCCCCCc1ccccc1. The molecule has 0 atom stereocenters. The molecule has 1 aromatic rings. The van der Waals surface area contributed by atoms with Crippen LogP contribution in [0.15, 0.2) is 30.3 Å². The Bertz CT molecular complexity index is 253. The molecule has 1 rings (SSSR count). The van der Waals surface area contributed by atoms with Crippen LogP contribution in [0.25, 0.3) is 0 Å². The zero-order valence-electron chi connectivity index (χ0n) is 10.7. The number of aryl methyl sites for hydroxylation is 1. The van der Waals surface area contributed by atoms with Crippen LogP contribution in [-0.4, -0.2) is 13.1 Å². The Hall–Kier alpha value is -0.820. The Morgan fingerprint density at radius 1 is 1.00 bits per heavy atom. The van der Waals surface area contributed by atoms with E-state index in [1.54, 1.807) is 0 Å². The van der Waals surface area contributed by atoms with E-state index in [1.165, 1.54) is 37.8 Å². The lowest BCUT2D eigenvalue weighted by Gasteiger charge is -2.07. The zero-order valence-corrected chi connectivity index (χ0v) is 10.7. The van der Waals surface area contributed by atoms with Crippen LogP contribution in [0.3, 0.4) is 0 Å². The van der Waals surface area contributed by atoms with Gasteiger partial charge in [-0.1, -0.05) is 50.6 Å². The van der Waals surface area contributed by atoms with E-state index >= 15 is 0 Å². The van der Waals surface area contributed by atoms with Gasteiger partial charge in [-0.15, -0.1) is 0 Å². The molecule has 1 aromatic carbocycles. The molecular weight excluding hydrogens is 194 g/mol. The van der Waals surface area contributed by atoms with Gasteiger partial charge in [-0.3, -0.25) is 0 Å². The molecule has 0 aromatic heterocycles. The van der Waals surface area contributed by atoms with Crippen molar-refractivity contribution in [3.63, 3.8) is 0 Å². The summed E-state index contributed by atoms with van der Waals surface area (Å²) < 4.78 is 0. The van der Waals surface area contributed by atoms with Crippen LogP contribution in [0, 0.1) is 5.92 Å². The van der Waals surface area contributed by atoms with Gasteiger partial charge in [0.1, 0.15) is 0 Å². The van der Waals surface area contributed by atoms with Crippen LogP contribution in [0.4, 0.5) is 0 Å². The van der Waals surface area contributed by atoms with E-state index < -0.39 is 0 Å². The van der Waals surface area contributed by atoms with E-state index in [4.69, 9.17) is 0 Å². The average molecular weight is 219 g/mol. The molecular formula is C15H25N. The third kappa shape index (κ3) is 6.62. The van der Waals surface area contributed by atoms with Gasteiger partial charge in [-0.25, -0.2) is 0 Å². The highest BCUT2D eigenvalue weighted by molar-refractivity contribution is 5.14. The molecule has 16 heavy (non-hydrogen) atoms. The highest BCUT2D eigenvalue weighted by Crippen LogP contribution is 2.05. The van der Waals surface area contributed by atoms with Crippen LogP contribution in [0.5, 0.6) is 0 Å². The van der Waals surface area contributed by atoms with E-state index in [9.17, 15) is 0 Å². The first-order valence-corrected chi connectivity index (χ1v) is 6.53. The fourth-order valence-electron chi connectivity index (χ4n) is 1.79. The summed E-state index contributed by atoms with van der Waals surface area (Å²) in [6.07, 6.45) is 5.18. The highest BCUT2D eigenvalue weighted by Gasteiger charge is 1.94. The van der Waals surface area contributed by atoms with Crippen molar-refractivity contribution in [1.82, 2.24) is 5.32 Å². The number of nitrogens with one attached hydrogen (secondary N) is 1. The summed E-state index contributed by atoms with van der Waals surface area (Å²) in [6, 6.07) is 10.8. The summed E-state index contributed by atoms with van der Waals surface area (Å²) in [7, 11) is 0. The maximum atomic E-state index is 3.48. The van der Waals surface area contributed by atoms with Crippen LogP contribution >= 0.6 is 0 Å². The van der Waals surface area contributed by atoms with E-state index in [1.807, 2.05) is 0 Å². The van der Waals surface area contributed by atoms with Gasteiger partial charge >= 0.3 is 0 Å². The first kappa shape index (κ1) is 13.2. The molecule has 0 aliphatic rings. The Balaban J connectivity index is 1.93. The van der Waals surface area contributed by atoms with Crippen LogP contribution in [-0.2, 0) is 6.42 Å². The molecule has 0 fully saturated rings. The van der Waals surface area contributed by atoms with Crippen molar-refractivity contribution in [3.05, 3.63) is 35.9 Å². The van der Waals surface area contributed by atoms with Crippen molar-refractivity contribution in [2.75, 3.05) is 13.1 Å². The monoisotopic (exact) mass is 219 g/mol. The van der Waals surface area contributed by atoms with E-state index in [-0.39, 0.29) is 0 Å². The zero-order chi connectivity index (χ0) is 11.6. The molecule has 0 radical (unpaired) electrons. The van der Waals surface area contributed by atoms with Crippen molar-refractivity contribution in [3.8, 4) is 0 Å². The summed E-state index contributed by atoms with van der Waals surface area (Å²) in [6.45, 7) is 6.83. The highest BCUT2D eigenvalue weighted by atomic mass is 14.8. The van der Waals surface area contributed by atoms with Gasteiger partial charge < -0.3 is 5.32 Å². The van der Waals surface area contributed by atoms with Crippen LogP contribution in [0.2, 0.25) is 0 Å². The summed E-state index contributed by atoms with van der Waals surface area (Å²) in [5.41, 5.74) is 1.47. The standard InChI is InChI=1S/C15H25N/c1-14(2)13-16-12-8-4-7-11-15-9-5-3-6-10-15/h3,5-6,9-10,14,16H,4,7-8,11-13H2,1-2H3. The third-order valence-corrected chi connectivity index (χ3v) is 2.71. The molecule has 0 amide bonds. The molecule has 90 valence electrons. The van der Waals surface area contributed by atoms with Gasteiger partial charge in [0, 0.05) is 0 Å².